The second-order valence-corrected chi connectivity index (χ2v) is 3.07. The third kappa shape index (κ3) is 7.02. The molecule has 1 aromatic carbocycles. The molecule has 0 atom stereocenters. The van der Waals surface area contributed by atoms with Gasteiger partial charge in [0.25, 0.3) is 0 Å². The highest BCUT2D eigenvalue weighted by Gasteiger charge is 1.95. The molecule has 0 spiro atoms. The third-order valence-corrected chi connectivity index (χ3v) is 1.74. The molecule has 0 aliphatic heterocycles. The van der Waals surface area contributed by atoms with E-state index in [1.54, 1.807) is 6.26 Å². The fourth-order valence-corrected chi connectivity index (χ4v) is 0.951. The quantitative estimate of drug-likeness (QED) is 0.641. The molecule has 0 saturated heterocycles. The third-order valence-electron chi connectivity index (χ3n) is 1.74. The van der Waals surface area contributed by atoms with Gasteiger partial charge in [-0.3, -0.25) is 0 Å². The van der Waals surface area contributed by atoms with E-state index in [0.717, 1.165) is 0 Å². The number of hydrogen-bond acceptors (Lipinski definition) is 1. The predicted octanol–water partition coefficient (Wildman–Crippen LogP) is 4.69. The summed E-state index contributed by atoms with van der Waals surface area (Å²) in [5, 5.41) is 0. The van der Waals surface area contributed by atoms with Crippen molar-refractivity contribution >= 4 is 12.6 Å². The van der Waals surface area contributed by atoms with Crippen molar-refractivity contribution in [3.63, 3.8) is 0 Å². The molecule has 1 heteroatoms. The molecule has 1 rings (SSSR count). The average molecular weight is 212 g/mol. The van der Waals surface area contributed by atoms with Crippen LogP contribution in [0.3, 0.4) is 0 Å². The van der Waals surface area contributed by atoms with Crippen molar-refractivity contribution in [2.24, 2.45) is 0 Å². The lowest BCUT2D eigenvalue weighted by molar-refractivity contribution is 0.866. The van der Waals surface area contributed by atoms with E-state index in [1.165, 1.54) is 11.1 Å². The SMILES string of the molecule is CC.CS.Cc1ccc(C(C)C)cc1. The van der Waals surface area contributed by atoms with Crippen molar-refractivity contribution in [3.8, 4) is 0 Å². The van der Waals surface area contributed by atoms with Crippen molar-refractivity contribution in [1.82, 2.24) is 0 Å². The van der Waals surface area contributed by atoms with Gasteiger partial charge >= 0.3 is 0 Å². The largest absolute Gasteiger partial charge is 0.183 e. The Hall–Kier alpha value is -0.430. The van der Waals surface area contributed by atoms with Crippen LogP contribution in [0.15, 0.2) is 24.3 Å². The molecule has 0 amide bonds. The summed E-state index contributed by atoms with van der Waals surface area (Å²) in [5.41, 5.74) is 2.76. The fraction of sp³-hybridized carbons (Fsp3) is 0.538. The van der Waals surface area contributed by atoms with Crippen LogP contribution in [0.4, 0.5) is 0 Å². The summed E-state index contributed by atoms with van der Waals surface area (Å²) in [7, 11) is 0. The maximum atomic E-state index is 3.53. The summed E-state index contributed by atoms with van der Waals surface area (Å²) in [4.78, 5) is 0. The minimum absolute atomic E-state index is 0.653. The zero-order valence-electron chi connectivity index (χ0n) is 10.3. The Labute approximate surface area is 95.2 Å². The van der Waals surface area contributed by atoms with E-state index in [9.17, 15) is 0 Å². The van der Waals surface area contributed by atoms with Crippen molar-refractivity contribution < 1.29 is 0 Å². The molecule has 0 fully saturated rings. The maximum Gasteiger partial charge on any atom is -0.0215 e. The highest BCUT2D eigenvalue weighted by Crippen LogP contribution is 2.13. The Balaban J connectivity index is 0. The summed E-state index contributed by atoms with van der Waals surface area (Å²) >= 11 is 3.53. The average Bonchev–Trinajstić information content (AvgIpc) is 2.24. The van der Waals surface area contributed by atoms with Gasteiger partial charge in [0.1, 0.15) is 0 Å². The van der Waals surface area contributed by atoms with Gasteiger partial charge in [-0.25, -0.2) is 0 Å². The summed E-state index contributed by atoms with van der Waals surface area (Å²) in [6, 6.07) is 8.71. The number of rotatable bonds is 1. The highest BCUT2D eigenvalue weighted by atomic mass is 32.1. The van der Waals surface area contributed by atoms with Crippen LogP contribution in [-0.2, 0) is 0 Å². The van der Waals surface area contributed by atoms with Crippen LogP contribution in [0.2, 0.25) is 0 Å². The first-order valence-corrected chi connectivity index (χ1v) is 6.11. The van der Waals surface area contributed by atoms with Gasteiger partial charge in [-0.05, 0) is 24.7 Å². The molecule has 0 nitrogen and oxygen atoms in total. The molecular weight excluding hydrogens is 188 g/mol. The topological polar surface area (TPSA) is 0 Å². The first kappa shape index (κ1) is 16.0. The van der Waals surface area contributed by atoms with Crippen LogP contribution in [0.5, 0.6) is 0 Å². The lowest BCUT2D eigenvalue weighted by Crippen LogP contribution is -1.85. The van der Waals surface area contributed by atoms with E-state index in [1.807, 2.05) is 13.8 Å². The Morgan fingerprint density at radius 1 is 0.929 bits per heavy atom. The smallest absolute Gasteiger partial charge is 0.0215 e. The number of aryl methyl sites for hydroxylation is 1. The number of hydrogen-bond donors (Lipinski definition) is 1. The molecule has 0 saturated carbocycles. The molecule has 14 heavy (non-hydrogen) atoms. The number of benzene rings is 1. The minimum atomic E-state index is 0.653. The first-order chi connectivity index (χ1) is 6.70. The van der Waals surface area contributed by atoms with Gasteiger partial charge in [0.15, 0.2) is 0 Å². The van der Waals surface area contributed by atoms with Crippen molar-refractivity contribution in [3.05, 3.63) is 35.4 Å². The summed E-state index contributed by atoms with van der Waals surface area (Å²) < 4.78 is 0. The van der Waals surface area contributed by atoms with E-state index in [4.69, 9.17) is 0 Å². The molecule has 0 unspecified atom stereocenters. The Bertz CT molecular complexity index is 199. The number of thiol groups is 1. The van der Waals surface area contributed by atoms with E-state index in [-0.39, 0.29) is 0 Å². The van der Waals surface area contributed by atoms with Crippen LogP contribution >= 0.6 is 12.6 Å². The minimum Gasteiger partial charge on any atom is -0.183 e. The van der Waals surface area contributed by atoms with Gasteiger partial charge in [-0.1, -0.05) is 57.5 Å². The molecular formula is C13H24S. The zero-order valence-corrected chi connectivity index (χ0v) is 11.2. The van der Waals surface area contributed by atoms with Crippen LogP contribution < -0.4 is 0 Å². The molecule has 0 aromatic heterocycles. The molecule has 0 aliphatic carbocycles. The van der Waals surface area contributed by atoms with Crippen molar-refractivity contribution in [1.29, 1.82) is 0 Å². The van der Waals surface area contributed by atoms with E-state index in [0.29, 0.717) is 5.92 Å². The summed E-state index contributed by atoms with van der Waals surface area (Å²) in [5.74, 6) is 0.653. The lowest BCUT2D eigenvalue weighted by Gasteiger charge is -2.03. The molecule has 1 aromatic rings. The monoisotopic (exact) mass is 212 g/mol. The van der Waals surface area contributed by atoms with Crippen molar-refractivity contribution in [2.45, 2.75) is 40.5 Å². The van der Waals surface area contributed by atoms with Gasteiger partial charge in [-0.2, -0.15) is 12.6 Å². The normalized spacial score (nSPS) is 8.29. The Morgan fingerprint density at radius 2 is 1.29 bits per heavy atom. The van der Waals surface area contributed by atoms with Crippen LogP contribution in [-0.4, -0.2) is 6.26 Å². The molecule has 0 bridgehead atoms. The van der Waals surface area contributed by atoms with E-state index >= 15 is 0 Å². The molecule has 0 aliphatic rings. The standard InChI is InChI=1S/C10H14.C2H6.CH4S/c1-8(2)10-6-4-9(3)5-7-10;2*1-2/h4-8H,1-3H3;1-2H3;2H,1H3. The highest BCUT2D eigenvalue weighted by molar-refractivity contribution is 7.79. The summed E-state index contributed by atoms with van der Waals surface area (Å²) in [6.45, 7) is 10.5. The van der Waals surface area contributed by atoms with Crippen LogP contribution in [0, 0.1) is 6.92 Å². The van der Waals surface area contributed by atoms with Gasteiger partial charge in [-0.15, -0.1) is 0 Å². The van der Waals surface area contributed by atoms with Crippen molar-refractivity contribution in [2.75, 3.05) is 6.26 Å². The van der Waals surface area contributed by atoms with E-state index < -0.39 is 0 Å². The Kier molecular flexibility index (Phi) is 12.2. The second-order valence-electron chi connectivity index (χ2n) is 3.07. The summed E-state index contributed by atoms with van der Waals surface area (Å²) in [6.07, 6.45) is 1.69. The van der Waals surface area contributed by atoms with Crippen LogP contribution in [0.1, 0.15) is 44.7 Å². The van der Waals surface area contributed by atoms with Crippen LogP contribution in [0.25, 0.3) is 0 Å². The molecule has 82 valence electrons. The van der Waals surface area contributed by atoms with Gasteiger partial charge < -0.3 is 0 Å². The van der Waals surface area contributed by atoms with Gasteiger partial charge in [0, 0.05) is 0 Å². The van der Waals surface area contributed by atoms with Gasteiger partial charge in [0.2, 0.25) is 0 Å². The first-order valence-electron chi connectivity index (χ1n) is 5.21. The maximum absolute atomic E-state index is 3.53. The molecule has 0 radical (unpaired) electrons. The van der Waals surface area contributed by atoms with E-state index in [2.05, 4.69) is 57.7 Å². The molecule has 0 N–H and O–H groups in total. The van der Waals surface area contributed by atoms with Gasteiger partial charge in [0.05, 0.1) is 0 Å². The Morgan fingerprint density at radius 3 is 1.57 bits per heavy atom. The molecule has 0 heterocycles. The fourth-order valence-electron chi connectivity index (χ4n) is 0.951. The predicted molar refractivity (Wildman–Crippen MR) is 71.5 cm³/mol. The zero-order chi connectivity index (χ0) is 11.6. The lowest BCUT2D eigenvalue weighted by atomic mass is 10.0. The second kappa shape index (κ2) is 10.6.